The van der Waals surface area contributed by atoms with E-state index < -0.39 is 5.91 Å². The third-order valence-corrected chi connectivity index (χ3v) is 3.60. The number of hydrogen-bond donors (Lipinski definition) is 1. The van der Waals surface area contributed by atoms with E-state index in [1.54, 1.807) is 36.2 Å². The fourth-order valence-corrected chi connectivity index (χ4v) is 2.18. The molecule has 2 aromatic rings. The van der Waals surface area contributed by atoms with Gasteiger partial charge in [0, 0.05) is 13.6 Å². The molecule has 0 spiro atoms. The van der Waals surface area contributed by atoms with Crippen LogP contribution in [0.15, 0.2) is 48.5 Å². The van der Waals surface area contributed by atoms with E-state index in [1.807, 2.05) is 31.2 Å². The SMILES string of the molecule is Cc1ccccc1CN(C)C(=O)COc1ccccc1C(N)=O. The number of para-hydroxylation sites is 1. The van der Waals surface area contributed by atoms with Crippen LogP contribution < -0.4 is 10.5 Å². The van der Waals surface area contributed by atoms with Crippen LogP contribution in [0.1, 0.15) is 21.5 Å². The zero-order valence-electron chi connectivity index (χ0n) is 13.3. The van der Waals surface area contributed by atoms with Gasteiger partial charge >= 0.3 is 0 Å². The first kappa shape index (κ1) is 16.5. The van der Waals surface area contributed by atoms with Crippen LogP contribution >= 0.6 is 0 Å². The van der Waals surface area contributed by atoms with Gasteiger partial charge in [-0.15, -0.1) is 0 Å². The van der Waals surface area contributed by atoms with Crippen molar-refractivity contribution in [1.29, 1.82) is 0 Å². The van der Waals surface area contributed by atoms with Crippen LogP contribution in [0.5, 0.6) is 5.75 Å². The quantitative estimate of drug-likeness (QED) is 0.888. The molecule has 0 aromatic heterocycles. The first-order valence-corrected chi connectivity index (χ1v) is 7.29. The Kier molecular flexibility index (Phi) is 5.36. The van der Waals surface area contributed by atoms with Gasteiger partial charge in [-0.2, -0.15) is 0 Å². The van der Waals surface area contributed by atoms with Crippen LogP contribution in [-0.2, 0) is 11.3 Å². The summed E-state index contributed by atoms with van der Waals surface area (Å²) in [7, 11) is 1.72. The fourth-order valence-electron chi connectivity index (χ4n) is 2.18. The number of amides is 2. The monoisotopic (exact) mass is 312 g/mol. The lowest BCUT2D eigenvalue weighted by Crippen LogP contribution is -2.31. The highest BCUT2D eigenvalue weighted by Gasteiger charge is 2.14. The Morgan fingerprint density at radius 1 is 1.09 bits per heavy atom. The van der Waals surface area contributed by atoms with Crippen molar-refractivity contribution < 1.29 is 14.3 Å². The second-order valence-electron chi connectivity index (χ2n) is 5.33. The molecule has 0 fully saturated rings. The fraction of sp³-hybridized carbons (Fsp3) is 0.222. The summed E-state index contributed by atoms with van der Waals surface area (Å²) in [6.07, 6.45) is 0. The van der Waals surface area contributed by atoms with E-state index in [9.17, 15) is 9.59 Å². The van der Waals surface area contributed by atoms with E-state index in [1.165, 1.54) is 0 Å². The summed E-state index contributed by atoms with van der Waals surface area (Å²) in [5.74, 6) is -0.438. The van der Waals surface area contributed by atoms with Crippen molar-refractivity contribution >= 4 is 11.8 Å². The molecule has 5 heteroatoms. The topological polar surface area (TPSA) is 72.6 Å². The van der Waals surface area contributed by atoms with Gasteiger partial charge in [0.1, 0.15) is 5.75 Å². The third kappa shape index (κ3) is 4.32. The Bertz CT molecular complexity index is 713. The van der Waals surface area contributed by atoms with Crippen molar-refractivity contribution in [3.8, 4) is 5.75 Å². The molecule has 0 saturated carbocycles. The molecule has 0 saturated heterocycles. The van der Waals surface area contributed by atoms with Crippen LogP contribution in [-0.4, -0.2) is 30.4 Å². The molecular weight excluding hydrogens is 292 g/mol. The van der Waals surface area contributed by atoms with Gasteiger partial charge in [-0.05, 0) is 30.2 Å². The molecule has 5 nitrogen and oxygen atoms in total. The molecule has 120 valence electrons. The number of nitrogens with two attached hydrogens (primary N) is 1. The highest BCUT2D eigenvalue weighted by atomic mass is 16.5. The van der Waals surface area contributed by atoms with Crippen molar-refractivity contribution in [3.63, 3.8) is 0 Å². The second-order valence-corrected chi connectivity index (χ2v) is 5.33. The zero-order chi connectivity index (χ0) is 16.8. The van der Waals surface area contributed by atoms with Gasteiger partial charge in [-0.1, -0.05) is 36.4 Å². The Morgan fingerprint density at radius 2 is 1.74 bits per heavy atom. The summed E-state index contributed by atoms with van der Waals surface area (Å²) in [6.45, 7) is 2.37. The smallest absolute Gasteiger partial charge is 0.260 e. The molecule has 0 aliphatic carbocycles. The number of nitrogens with zero attached hydrogens (tertiary/aromatic N) is 1. The zero-order valence-corrected chi connectivity index (χ0v) is 13.3. The molecule has 2 N–H and O–H groups in total. The summed E-state index contributed by atoms with van der Waals surface area (Å²) in [6, 6.07) is 14.5. The first-order valence-electron chi connectivity index (χ1n) is 7.29. The normalized spacial score (nSPS) is 10.2. The molecule has 2 rings (SSSR count). The standard InChI is InChI=1S/C18H20N2O3/c1-13-7-3-4-8-14(13)11-20(2)17(21)12-23-16-10-6-5-9-15(16)18(19)22/h3-10H,11-12H2,1-2H3,(H2,19,22). The predicted molar refractivity (Wildman–Crippen MR) is 88.1 cm³/mol. The average molecular weight is 312 g/mol. The van der Waals surface area contributed by atoms with Gasteiger partial charge in [0.25, 0.3) is 11.8 Å². The largest absolute Gasteiger partial charge is 0.483 e. The molecular formula is C18H20N2O3. The Morgan fingerprint density at radius 3 is 2.43 bits per heavy atom. The van der Waals surface area contributed by atoms with Crippen molar-refractivity contribution in [2.75, 3.05) is 13.7 Å². The maximum Gasteiger partial charge on any atom is 0.260 e. The minimum atomic E-state index is -0.582. The van der Waals surface area contributed by atoms with E-state index in [0.717, 1.165) is 11.1 Å². The van der Waals surface area contributed by atoms with Gasteiger partial charge in [0.15, 0.2) is 6.61 Å². The summed E-state index contributed by atoms with van der Waals surface area (Å²) in [5.41, 5.74) is 7.77. The molecule has 0 radical (unpaired) electrons. The number of ether oxygens (including phenoxy) is 1. The van der Waals surface area contributed by atoms with Crippen LogP contribution in [0.4, 0.5) is 0 Å². The lowest BCUT2D eigenvalue weighted by Gasteiger charge is -2.19. The number of rotatable bonds is 6. The third-order valence-electron chi connectivity index (χ3n) is 3.60. The van der Waals surface area contributed by atoms with Crippen molar-refractivity contribution in [3.05, 3.63) is 65.2 Å². The van der Waals surface area contributed by atoms with Crippen molar-refractivity contribution in [1.82, 2.24) is 4.90 Å². The van der Waals surface area contributed by atoms with E-state index in [0.29, 0.717) is 12.3 Å². The molecule has 0 aliphatic rings. The summed E-state index contributed by atoms with van der Waals surface area (Å²) in [5, 5.41) is 0. The van der Waals surface area contributed by atoms with Crippen LogP contribution in [0.3, 0.4) is 0 Å². The highest BCUT2D eigenvalue weighted by Crippen LogP contribution is 2.17. The number of carbonyl (C=O) groups excluding carboxylic acids is 2. The summed E-state index contributed by atoms with van der Waals surface area (Å²) < 4.78 is 5.46. The molecule has 23 heavy (non-hydrogen) atoms. The van der Waals surface area contributed by atoms with Gasteiger partial charge in [-0.25, -0.2) is 0 Å². The Labute approximate surface area is 135 Å². The maximum atomic E-state index is 12.2. The highest BCUT2D eigenvalue weighted by molar-refractivity contribution is 5.95. The minimum Gasteiger partial charge on any atom is -0.483 e. The minimum absolute atomic E-state index is 0.146. The van der Waals surface area contributed by atoms with E-state index in [-0.39, 0.29) is 18.1 Å². The van der Waals surface area contributed by atoms with Crippen LogP contribution in [0.2, 0.25) is 0 Å². The van der Waals surface area contributed by atoms with E-state index in [4.69, 9.17) is 10.5 Å². The molecule has 0 unspecified atom stereocenters. The van der Waals surface area contributed by atoms with Crippen LogP contribution in [0.25, 0.3) is 0 Å². The molecule has 0 atom stereocenters. The first-order chi connectivity index (χ1) is 11.0. The Hall–Kier alpha value is -2.82. The Balaban J connectivity index is 1.97. The lowest BCUT2D eigenvalue weighted by molar-refractivity contribution is -0.132. The van der Waals surface area contributed by atoms with Gasteiger partial charge in [0.05, 0.1) is 5.56 Å². The molecule has 0 bridgehead atoms. The van der Waals surface area contributed by atoms with Gasteiger partial charge in [-0.3, -0.25) is 9.59 Å². The number of primary amides is 1. The number of benzene rings is 2. The van der Waals surface area contributed by atoms with Gasteiger partial charge < -0.3 is 15.4 Å². The number of aryl methyl sites for hydroxylation is 1. The van der Waals surface area contributed by atoms with Crippen molar-refractivity contribution in [2.24, 2.45) is 5.73 Å². The maximum absolute atomic E-state index is 12.2. The molecule has 0 aliphatic heterocycles. The molecule has 2 aromatic carbocycles. The second kappa shape index (κ2) is 7.45. The number of carbonyl (C=O) groups is 2. The molecule has 2 amide bonds. The van der Waals surface area contributed by atoms with E-state index >= 15 is 0 Å². The van der Waals surface area contributed by atoms with E-state index in [2.05, 4.69) is 0 Å². The lowest BCUT2D eigenvalue weighted by atomic mass is 10.1. The number of hydrogen-bond acceptors (Lipinski definition) is 3. The predicted octanol–water partition coefficient (Wildman–Crippen LogP) is 2.13. The summed E-state index contributed by atoms with van der Waals surface area (Å²) >= 11 is 0. The average Bonchev–Trinajstić information content (AvgIpc) is 2.54. The van der Waals surface area contributed by atoms with Crippen LogP contribution in [0, 0.1) is 6.92 Å². The van der Waals surface area contributed by atoms with Crippen molar-refractivity contribution in [2.45, 2.75) is 13.5 Å². The van der Waals surface area contributed by atoms with Gasteiger partial charge in [0.2, 0.25) is 0 Å². The summed E-state index contributed by atoms with van der Waals surface area (Å²) in [4.78, 5) is 25.1. The number of likely N-dealkylation sites (N-methyl/N-ethyl adjacent to an activating group) is 1. The molecule has 0 heterocycles.